The van der Waals surface area contributed by atoms with Crippen LogP contribution in [0.15, 0.2) is 83.8 Å². The van der Waals surface area contributed by atoms with Gasteiger partial charge in [-0.2, -0.15) is 8.42 Å². The van der Waals surface area contributed by atoms with E-state index in [4.69, 9.17) is 15.8 Å². The molecule has 3 rings (SSSR count). The Kier molecular flexibility index (Phi) is 6.14. The van der Waals surface area contributed by atoms with Crippen molar-refractivity contribution < 1.29 is 17.4 Å². The van der Waals surface area contributed by atoms with Gasteiger partial charge in [0.1, 0.15) is 0 Å². The summed E-state index contributed by atoms with van der Waals surface area (Å²) in [6, 6.07) is 21.2. The number of anilines is 1. The van der Waals surface area contributed by atoms with Gasteiger partial charge in [0.25, 0.3) is 16.0 Å². The molecule has 0 spiro atoms. The molecule has 5 nitrogen and oxygen atoms in total. The maximum atomic E-state index is 12.8. The molecule has 0 heterocycles. The lowest BCUT2D eigenvalue weighted by atomic mass is 10.1. The van der Waals surface area contributed by atoms with E-state index in [1.165, 1.54) is 12.1 Å². The Balaban J connectivity index is 1.90. The molecular weight excluding hydrogens is 398 g/mol. The van der Waals surface area contributed by atoms with E-state index in [2.05, 4.69) is 5.32 Å². The van der Waals surface area contributed by atoms with Crippen LogP contribution >= 0.6 is 11.6 Å². The predicted octanol–water partition coefficient (Wildman–Crippen LogP) is 4.73. The molecule has 0 saturated heterocycles. The Morgan fingerprint density at radius 3 is 2.14 bits per heavy atom. The number of aryl methyl sites for hydroxylation is 1. The molecule has 28 heavy (non-hydrogen) atoms. The van der Waals surface area contributed by atoms with Crippen molar-refractivity contribution in [2.45, 2.75) is 17.9 Å². The van der Waals surface area contributed by atoms with Crippen molar-refractivity contribution in [2.75, 3.05) is 5.32 Å². The molecule has 0 fully saturated rings. The molecule has 3 aromatic rings. The number of carbonyl (C=O) groups excluding carboxylic acids is 1. The molecule has 0 saturated carbocycles. The minimum Gasteiger partial charge on any atom is -0.323 e. The molecule has 1 atom stereocenters. The SMILES string of the molecule is Cc1ccc(S(=O)(=O)O[C@H](C(=O)Nc2ccc(Cl)cc2)c2ccccc2)cc1. The minimum absolute atomic E-state index is 0.0154. The highest BCUT2D eigenvalue weighted by Gasteiger charge is 2.29. The first kappa shape index (κ1) is 20.1. The van der Waals surface area contributed by atoms with Gasteiger partial charge in [-0.1, -0.05) is 59.6 Å². The molecule has 3 aromatic carbocycles. The van der Waals surface area contributed by atoms with E-state index in [-0.39, 0.29) is 4.90 Å². The Morgan fingerprint density at radius 1 is 0.929 bits per heavy atom. The zero-order valence-corrected chi connectivity index (χ0v) is 16.6. The highest BCUT2D eigenvalue weighted by atomic mass is 35.5. The molecule has 7 heteroatoms. The lowest BCUT2D eigenvalue weighted by molar-refractivity contribution is -0.122. The van der Waals surface area contributed by atoms with Crippen LogP contribution in [0.4, 0.5) is 5.69 Å². The Labute approximate surface area is 169 Å². The average molecular weight is 416 g/mol. The molecule has 1 amide bonds. The lowest BCUT2D eigenvalue weighted by Crippen LogP contribution is -2.26. The normalized spacial score (nSPS) is 12.4. The summed E-state index contributed by atoms with van der Waals surface area (Å²) in [6.45, 7) is 1.85. The zero-order chi connectivity index (χ0) is 20.1. The van der Waals surface area contributed by atoms with E-state index in [0.29, 0.717) is 16.3 Å². The Bertz CT molecular complexity index is 1050. The van der Waals surface area contributed by atoms with E-state index in [1.807, 2.05) is 6.92 Å². The molecule has 0 bridgehead atoms. The van der Waals surface area contributed by atoms with E-state index >= 15 is 0 Å². The summed E-state index contributed by atoms with van der Waals surface area (Å²) in [5.41, 5.74) is 1.82. The smallest absolute Gasteiger partial charge is 0.298 e. The van der Waals surface area contributed by atoms with E-state index in [9.17, 15) is 13.2 Å². The van der Waals surface area contributed by atoms with E-state index < -0.39 is 22.1 Å². The van der Waals surface area contributed by atoms with Crippen molar-refractivity contribution in [3.63, 3.8) is 0 Å². The number of nitrogens with one attached hydrogen (secondary N) is 1. The van der Waals surface area contributed by atoms with Gasteiger partial charge in [-0.15, -0.1) is 0 Å². The molecule has 1 N–H and O–H groups in total. The highest BCUT2D eigenvalue weighted by Crippen LogP contribution is 2.26. The van der Waals surface area contributed by atoms with Crippen molar-refractivity contribution in [3.8, 4) is 0 Å². The summed E-state index contributed by atoms with van der Waals surface area (Å²) in [5, 5.41) is 3.19. The zero-order valence-electron chi connectivity index (χ0n) is 15.0. The van der Waals surface area contributed by atoms with Crippen LogP contribution in [0.1, 0.15) is 17.2 Å². The molecular formula is C21H18ClNO4S. The predicted molar refractivity (Wildman–Crippen MR) is 109 cm³/mol. The number of carbonyl (C=O) groups is 1. The molecule has 0 radical (unpaired) electrons. The summed E-state index contributed by atoms with van der Waals surface area (Å²) in [4.78, 5) is 12.8. The Morgan fingerprint density at radius 2 is 1.54 bits per heavy atom. The van der Waals surface area contributed by atoms with Gasteiger partial charge in [0.2, 0.25) is 0 Å². The maximum absolute atomic E-state index is 12.8. The molecule has 144 valence electrons. The van der Waals surface area contributed by atoms with Crippen LogP contribution in [0, 0.1) is 6.92 Å². The first-order valence-electron chi connectivity index (χ1n) is 8.46. The summed E-state index contributed by atoms with van der Waals surface area (Å²) in [5.74, 6) is -0.607. The van der Waals surface area contributed by atoms with Gasteiger partial charge in [-0.3, -0.25) is 4.79 Å². The maximum Gasteiger partial charge on any atom is 0.298 e. The Hall–Kier alpha value is -2.67. The van der Waals surface area contributed by atoms with Crippen LogP contribution in [0.2, 0.25) is 5.02 Å². The summed E-state index contributed by atoms with van der Waals surface area (Å²) in [6.07, 6.45) is -1.34. The van der Waals surface area contributed by atoms with Gasteiger partial charge in [0.05, 0.1) is 4.90 Å². The lowest BCUT2D eigenvalue weighted by Gasteiger charge is -2.18. The average Bonchev–Trinajstić information content (AvgIpc) is 2.69. The third-order valence-electron chi connectivity index (χ3n) is 3.98. The van der Waals surface area contributed by atoms with Crippen molar-refractivity contribution in [2.24, 2.45) is 0 Å². The molecule has 0 aliphatic rings. The fourth-order valence-electron chi connectivity index (χ4n) is 2.51. The van der Waals surface area contributed by atoms with Crippen LogP contribution < -0.4 is 5.32 Å². The van der Waals surface area contributed by atoms with Crippen molar-refractivity contribution in [1.82, 2.24) is 0 Å². The number of hydrogen-bond acceptors (Lipinski definition) is 4. The van der Waals surface area contributed by atoms with Crippen molar-refractivity contribution >= 4 is 33.3 Å². The second kappa shape index (κ2) is 8.56. The third-order valence-corrected chi connectivity index (χ3v) is 5.53. The first-order chi connectivity index (χ1) is 13.3. The molecule has 0 aliphatic heterocycles. The van der Waals surface area contributed by atoms with Crippen LogP contribution in [0.25, 0.3) is 0 Å². The summed E-state index contributed by atoms with van der Waals surface area (Å²) in [7, 11) is -4.15. The van der Waals surface area contributed by atoms with Gasteiger partial charge in [-0.25, -0.2) is 4.18 Å². The van der Waals surface area contributed by atoms with Crippen molar-refractivity contribution in [1.29, 1.82) is 0 Å². The quantitative estimate of drug-likeness (QED) is 0.590. The standard InChI is InChI=1S/C21H18ClNO4S/c1-15-7-13-19(14-8-15)28(25,26)27-20(16-5-3-2-4-6-16)21(24)23-18-11-9-17(22)10-12-18/h2-14,20H,1H3,(H,23,24)/t20-/m0/s1. The summed E-state index contributed by atoms with van der Waals surface area (Å²) < 4.78 is 30.8. The largest absolute Gasteiger partial charge is 0.323 e. The van der Waals surface area contributed by atoms with Crippen LogP contribution in [-0.2, 0) is 19.1 Å². The van der Waals surface area contributed by atoms with Crippen LogP contribution in [-0.4, -0.2) is 14.3 Å². The van der Waals surface area contributed by atoms with Crippen LogP contribution in [0.5, 0.6) is 0 Å². The van der Waals surface area contributed by atoms with Gasteiger partial charge in [0.15, 0.2) is 6.10 Å². The second-order valence-electron chi connectivity index (χ2n) is 6.15. The molecule has 0 unspecified atom stereocenters. The first-order valence-corrected chi connectivity index (χ1v) is 10.2. The topological polar surface area (TPSA) is 72.5 Å². The fraction of sp³-hybridized carbons (Fsp3) is 0.0952. The van der Waals surface area contributed by atoms with Gasteiger partial charge in [0, 0.05) is 10.7 Å². The van der Waals surface area contributed by atoms with Crippen LogP contribution in [0.3, 0.4) is 0 Å². The fourth-order valence-corrected chi connectivity index (χ4v) is 3.67. The van der Waals surface area contributed by atoms with Crippen molar-refractivity contribution in [3.05, 3.63) is 95.0 Å². The number of halogens is 1. The van der Waals surface area contributed by atoms with E-state index in [1.54, 1.807) is 66.7 Å². The van der Waals surface area contributed by atoms with Gasteiger partial charge in [-0.05, 0) is 48.9 Å². The molecule has 0 aromatic heterocycles. The van der Waals surface area contributed by atoms with Gasteiger partial charge >= 0.3 is 0 Å². The third kappa shape index (κ3) is 4.98. The number of hydrogen-bond donors (Lipinski definition) is 1. The number of benzene rings is 3. The number of amides is 1. The van der Waals surface area contributed by atoms with E-state index in [0.717, 1.165) is 5.56 Å². The molecule has 0 aliphatic carbocycles. The minimum atomic E-state index is -4.15. The van der Waals surface area contributed by atoms with Gasteiger partial charge < -0.3 is 5.32 Å². The highest BCUT2D eigenvalue weighted by molar-refractivity contribution is 7.86. The summed E-state index contributed by atoms with van der Waals surface area (Å²) >= 11 is 5.86. The monoisotopic (exact) mass is 415 g/mol. The number of rotatable bonds is 6. The second-order valence-corrected chi connectivity index (χ2v) is 8.16.